The zero-order valence-corrected chi connectivity index (χ0v) is 14.5. The van der Waals surface area contributed by atoms with Crippen LogP contribution in [0.4, 0.5) is 5.69 Å². The third kappa shape index (κ3) is 5.53. The molecule has 1 atom stereocenters. The second kappa shape index (κ2) is 9.27. The standard InChI is InChI=1S/C18H27N3O3/c1-3-24-16-9-7-15(8-10-16)20-18(23)17(22)19-11-13-21-12-5-4-6-14(21)2/h7-10,14H,3-6,11-13H2,1-2H3,(H,19,22)(H,20,23). The predicted molar refractivity (Wildman–Crippen MR) is 94.1 cm³/mol. The van der Waals surface area contributed by atoms with Crippen molar-refractivity contribution in [2.45, 2.75) is 39.2 Å². The fourth-order valence-corrected chi connectivity index (χ4v) is 2.87. The number of ether oxygens (including phenoxy) is 1. The van der Waals surface area contributed by atoms with E-state index in [9.17, 15) is 9.59 Å². The average molecular weight is 333 g/mol. The summed E-state index contributed by atoms with van der Waals surface area (Å²) < 4.78 is 5.34. The van der Waals surface area contributed by atoms with Gasteiger partial charge in [0.1, 0.15) is 5.75 Å². The molecule has 6 heteroatoms. The molecule has 132 valence electrons. The molecule has 0 radical (unpaired) electrons. The number of carbonyl (C=O) groups is 2. The van der Waals surface area contributed by atoms with Gasteiger partial charge >= 0.3 is 11.8 Å². The molecule has 24 heavy (non-hydrogen) atoms. The van der Waals surface area contributed by atoms with Crippen molar-refractivity contribution in [2.24, 2.45) is 0 Å². The lowest BCUT2D eigenvalue weighted by Gasteiger charge is -2.33. The van der Waals surface area contributed by atoms with E-state index < -0.39 is 11.8 Å². The topological polar surface area (TPSA) is 70.7 Å². The third-order valence-corrected chi connectivity index (χ3v) is 4.25. The Morgan fingerprint density at radius 2 is 1.96 bits per heavy atom. The van der Waals surface area contributed by atoms with Gasteiger partial charge in [0, 0.05) is 24.8 Å². The summed E-state index contributed by atoms with van der Waals surface area (Å²) in [5.74, 6) is -0.519. The number of anilines is 1. The predicted octanol–water partition coefficient (Wildman–Crippen LogP) is 2.01. The number of nitrogens with zero attached hydrogens (tertiary/aromatic N) is 1. The number of rotatable bonds is 6. The van der Waals surface area contributed by atoms with Crippen molar-refractivity contribution in [2.75, 3.05) is 31.6 Å². The first-order valence-electron chi connectivity index (χ1n) is 8.66. The van der Waals surface area contributed by atoms with Gasteiger partial charge in [-0.25, -0.2) is 0 Å². The molecule has 0 bridgehead atoms. The Bertz CT molecular complexity index is 545. The molecule has 0 spiro atoms. The van der Waals surface area contributed by atoms with Gasteiger partial charge in [-0.2, -0.15) is 0 Å². The number of benzene rings is 1. The number of hydrogen-bond donors (Lipinski definition) is 2. The molecule has 6 nitrogen and oxygen atoms in total. The summed E-state index contributed by atoms with van der Waals surface area (Å²) >= 11 is 0. The first-order chi connectivity index (χ1) is 11.6. The molecule has 2 amide bonds. The van der Waals surface area contributed by atoms with Crippen LogP contribution >= 0.6 is 0 Å². The van der Waals surface area contributed by atoms with Gasteiger partial charge in [0.15, 0.2) is 0 Å². The molecule has 1 aliphatic heterocycles. The summed E-state index contributed by atoms with van der Waals surface area (Å²) in [6, 6.07) is 7.49. The van der Waals surface area contributed by atoms with Gasteiger partial charge in [-0.1, -0.05) is 6.42 Å². The van der Waals surface area contributed by atoms with E-state index >= 15 is 0 Å². The van der Waals surface area contributed by atoms with Crippen LogP contribution in [0.3, 0.4) is 0 Å². The number of amides is 2. The highest BCUT2D eigenvalue weighted by Gasteiger charge is 2.18. The zero-order valence-electron chi connectivity index (χ0n) is 14.5. The lowest BCUT2D eigenvalue weighted by atomic mass is 10.0. The van der Waals surface area contributed by atoms with Gasteiger partial charge in [-0.15, -0.1) is 0 Å². The van der Waals surface area contributed by atoms with Crippen LogP contribution in [0, 0.1) is 0 Å². The van der Waals surface area contributed by atoms with Crippen LogP contribution in [0.15, 0.2) is 24.3 Å². The Labute approximate surface area is 143 Å². The van der Waals surface area contributed by atoms with Crippen molar-refractivity contribution in [3.8, 4) is 5.75 Å². The van der Waals surface area contributed by atoms with Gasteiger partial charge in [0.2, 0.25) is 0 Å². The molecule has 1 aromatic carbocycles. The van der Waals surface area contributed by atoms with Crippen molar-refractivity contribution in [3.63, 3.8) is 0 Å². The summed E-state index contributed by atoms with van der Waals surface area (Å²) in [5, 5.41) is 5.27. The first kappa shape index (κ1) is 18.3. The van der Waals surface area contributed by atoms with E-state index in [-0.39, 0.29) is 0 Å². The quantitative estimate of drug-likeness (QED) is 0.781. The van der Waals surface area contributed by atoms with Crippen molar-refractivity contribution >= 4 is 17.5 Å². The van der Waals surface area contributed by atoms with E-state index in [0.29, 0.717) is 24.9 Å². The molecule has 2 rings (SSSR count). The lowest BCUT2D eigenvalue weighted by Crippen LogP contribution is -2.44. The van der Waals surface area contributed by atoms with Crippen LogP contribution in [0.2, 0.25) is 0 Å². The Kier molecular flexibility index (Phi) is 7.06. The lowest BCUT2D eigenvalue weighted by molar-refractivity contribution is -0.136. The highest BCUT2D eigenvalue weighted by Crippen LogP contribution is 2.16. The molecule has 0 aromatic heterocycles. The van der Waals surface area contributed by atoms with E-state index in [1.54, 1.807) is 24.3 Å². The van der Waals surface area contributed by atoms with Crippen LogP contribution in [-0.4, -0.2) is 49.0 Å². The SMILES string of the molecule is CCOc1ccc(NC(=O)C(=O)NCCN2CCCCC2C)cc1. The van der Waals surface area contributed by atoms with Gasteiger partial charge in [0.25, 0.3) is 0 Å². The highest BCUT2D eigenvalue weighted by molar-refractivity contribution is 6.39. The molecule has 1 unspecified atom stereocenters. The molecular weight excluding hydrogens is 306 g/mol. The largest absolute Gasteiger partial charge is 0.494 e. The minimum absolute atomic E-state index is 0.486. The van der Waals surface area contributed by atoms with Crippen LogP contribution in [0.25, 0.3) is 0 Å². The molecule has 1 aliphatic rings. The van der Waals surface area contributed by atoms with Crippen LogP contribution in [-0.2, 0) is 9.59 Å². The van der Waals surface area contributed by atoms with Crippen molar-refractivity contribution < 1.29 is 14.3 Å². The molecule has 0 aliphatic carbocycles. The van der Waals surface area contributed by atoms with E-state index in [0.717, 1.165) is 18.8 Å². The summed E-state index contributed by atoms with van der Waals surface area (Å²) in [6.45, 7) is 7.03. The highest BCUT2D eigenvalue weighted by atomic mass is 16.5. The number of nitrogens with one attached hydrogen (secondary N) is 2. The van der Waals surface area contributed by atoms with E-state index in [4.69, 9.17) is 4.74 Å². The number of piperidine rings is 1. The maximum Gasteiger partial charge on any atom is 0.313 e. The maximum absolute atomic E-state index is 11.9. The molecule has 1 fully saturated rings. The Hall–Kier alpha value is -2.08. The third-order valence-electron chi connectivity index (χ3n) is 4.25. The molecule has 1 aromatic rings. The molecule has 2 N–H and O–H groups in total. The average Bonchev–Trinajstić information content (AvgIpc) is 2.58. The number of hydrogen-bond acceptors (Lipinski definition) is 4. The first-order valence-corrected chi connectivity index (χ1v) is 8.66. The molecule has 1 saturated heterocycles. The van der Waals surface area contributed by atoms with Crippen LogP contribution < -0.4 is 15.4 Å². The number of carbonyl (C=O) groups excluding carboxylic acids is 2. The Morgan fingerprint density at radius 3 is 2.62 bits per heavy atom. The number of likely N-dealkylation sites (tertiary alicyclic amines) is 1. The fraction of sp³-hybridized carbons (Fsp3) is 0.556. The summed E-state index contributed by atoms with van der Waals surface area (Å²) in [4.78, 5) is 26.1. The Balaban J connectivity index is 1.72. The van der Waals surface area contributed by atoms with Crippen LogP contribution in [0.5, 0.6) is 5.75 Å². The van der Waals surface area contributed by atoms with Crippen molar-refractivity contribution in [1.29, 1.82) is 0 Å². The van der Waals surface area contributed by atoms with E-state index in [1.807, 2.05) is 6.92 Å². The van der Waals surface area contributed by atoms with Gasteiger partial charge < -0.3 is 15.4 Å². The summed E-state index contributed by atoms with van der Waals surface area (Å²) in [7, 11) is 0. The zero-order chi connectivity index (χ0) is 17.4. The van der Waals surface area contributed by atoms with Crippen molar-refractivity contribution in [3.05, 3.63) is 24.3 Å². The monoisotopic (exact) mass is 333 g/mol. The Morgan fingerprint density at radius 1 is 1.21 bits per heavy atom. The normalized spacial score (nSPS) is 18.0. The summed E-state index contributed by atoms with van der Waals surface area (Å²) in [5.41, 5.74) is 0.572. The van der Waals surface area contributed by atoms with Crippen molar-refractivity contribution in [1.82, 2.24) is 10.2 Å². The molecule has 1 heterocycles. The smallest absolute Gasteiger partial charge is 0.313 e. The van der Waals surface area contributed by atoms with Gasteiger partial charge in [0.05, 0.1) is 6.61 Å². The van der Waals surface area contributed by atoms with E-state index in [2.05, 4.69) is 22.5 Å². The second-order valence-electron chi connectivity index (χ2n) is 6.05. The van der Waals surface area contributed by atoms with E-state index in [1.165, 1.54) is 19.3 Å². The van der Waals surface area contributed by atoms with Crippen LogP contribution in [0.1, 0.15) is 33.1 Å². The van der Waals surface area contributed by atoms with Gasteiger partial charge in [-0.3, -0.25) is 14.5 Å². The molecule has 0 saturated carbocycles. The second-order valence-corrected chi connectivity index (χ2v) is 6.05. The maximum atomic E-state index is 11.9. The minimum atomic E-state index is -0.647. The van der Waals surface area contributed by atoms with Gasteiger partial charge in [-0.05, 0) is 57.5 Å². The summed E-state index contributed by atoms with van der Waals surface area (Å²) in [6.07, 6.45) is 3.68. The molecular formula is C18H27N3O3. The minimum Gasteiger partial charge on any atom is -0.494 e. The fourth-order valence-electron chi connectivity index (χ4n) is 2.87.